The Kier molecular flexibility index (Phi) is 9.42. The fraction of sp³-hybridized carbons (Fsp3) is 0.567. The summed E-state index contributed by atoms with van der Waals surface area (Å²) in [7, 11) is 0. The van der Waals surface area contributed by atoms with E-state index >= 15 is 0 Å². The number of amides is 2. The summed E-state index contributed by atoms with van der Waals surface area (Å²) in [5, 5.41) is 3.12. The number of rotatable bonds is 7. The number of ether oxygens (including phenoxy) is 1. The third-order valence-electron chi connectivity index (χ3n) is 8.20. The van der Waals surface area contributed by atoms with Crippen LogP contribution in [0.4, 0.5) is 0 Å². The molecule has 2 saturated heterocycles. The van der Waals surface area contributed by atoms with Gasteiger partial charge in [0.25, 0.3) is 0 Å². The van der Waals surface area contributed by atoms with Gasteiger partial charge in [-0.3, -0.25) is 19.5 Å². The van der Waals surface area contributed by atoms with Crippen LogP contribution in [-0.4, -0.2) is 71.5 Å². The molecule has 1 aromatic heterocycles. The van der Waals surface area contributed by atoms with Crippen molar-refractivity contribution in [2.45, 2.75) is 77.0 Å². The number of aryl methyl sites for hydroxylation is 3. The molecule has 2 aromatic rings. The van der Waals surface area contributed by atoms with Crippen molar-refractivity contribution in [1.29, 1.82) is 0 Å². The lowest BCUT2D eigenvalue weighted by molar-refractivity contribution is -0.144. The van der Waals surface area contributed by atoms with E-state index in [-0.39, 0.29) is 24.0 Å². The van der Waals surface area contributed by atoms with Gasteiger partial charge in [0.05, 0.1) is 17.8 Å². The Morgan fingerprint density at radius 3 is 2.74 bits per heavy atom. The molecular weight excluding hydrogens is 624 g/mol. The van der Waals surface area contributed by atoms with Gasteiger partial charge in [0, 0.05) is 54.3 Å². The molecule has 3 unspecified atom stereocenters. The summed E-state index contributed by atoms with van der Waals surface area (Å²) in [6.07, 6.45) is 8.00. The molecule has 210 valence electrons. The normalized spacial score (nSPS) is 23.2. The van der Waals surface area contributed by atoms with Crippen molar-refractivity contribution in [3.63, 3.8) is 0 Å². The van der Waals surface area contributed by atoms with Crippen LogP contribution in [0.5, 0.6) is 0 Å². The number of nitrogens with zero attached hydrogens (tertiary/aromatic N) is 3. The number of hydrogen-bond acceptors (Lipinski definition) is 5. The number of halogens is 2. The zero-order valence-electron chi connectivity index (χ0n) is 22.8. The smallest absolute Gasteiger partial charge is 0.244 e. The number of carbonyl (C=O) groups excluding carboxylic acids is 2. The third kappa shape index (κ3) is 6.42. The van der Waals surface area contributed by atoms with E-state index in [2.05, 4.69) is 74.1 Å². The summed E-state index contributed by atoms with van der Waals surface area (Å²) in [5.41, 5.74) is 6.00. The molecule has 3 heterocycles. The third-order valence-corrected chi connectivity index (χ3v) is 9.29. The van der Waals surface area contributed by atoms with Crippen LogP contribution in [0.2, 0.25) is 0 Å². The molecule has 3 atom stereocenters. The fourth-order valence-corrected chi connectivity index (χ4v) is 7.42. The second-order valence-electron chi connectivity index (χ2n) is 11.0. The number of pyridine rings is 1. The highest BCUT2D eigenvalue weighted by Gasteiger charge is 2.41. The van der Waals surface area contributed by atoms with E-state index in [4.69, 9.17) is 9.72 Å². The molecule has 1 aliphatic carbocycles. The monoisotopic (exact) mass is 660 g/mol. The molecule has 5 rings (SSSR count). The van der Waals surface area contributed by atoms with Crippen LogP contribution in [0.1, 0.15) is 73.0 Å². The minimum Gasteiger partial charge on any atom is -0.376 e. The predicted octanol–water partition coefficient (Wildman–Crippen LogP) is 5.10. The summed E-state index contributed by atoms with van der Waals surface area (Å²) < 4.78 is 7.78. The Labute approximate surface area is 248 Å². The van der Waals surface area contributed by atoms with Gasteiger partial charge in [-0.1, -0.05) is 35.3 Å². The molecule has 2 aliphatic heterocycles. The lowest BCUT2D eigenvalue weighted by Crippen LogP contribution is -2.61. The Hall–Kier alpha value is -1.81. The minimum atomic E-state index is -0.556. The first-order valence-electron chi connectivity index (χ1n) is 14.2. The van der Waals surface area contributed by atoms with Crippen molar-refractivity contribution in [1.82, 2.24) is 20.1 Å². The first-order chi connectivity index (χ1) is 18.9. The van der Waals surface area contributed by atoms with E-state index in [0.29, 0.717) is 32.6 Å². The van der Waals surface area contributed by atoms with Gasteiger partial charge < -0.3 is 15.0 Å². The minimum absolute atomic E-state index is 0.0559. The van der Waals surface area contributed by atoms with Crippen LogP contribution in [0, 0.1) is 6.92 Å². The average molecular weight is 662 g/mol. The second kappa shape index (κ2) is 12.8. The Balaban J connectivity index is 1.48. The lowest BCUT2D eigenvalue weighted by Gasteiger charge is -2.44. The molecule has 0 bridgehead atoms. The van der Waals surface area contributed by atoms with E-state index in [1.165, 1.54) is 22.3 Å². The molecule has 0 saturated carbocycles. The van der Waals surface area contributed by atoms with Crippen molar-refractivity contribution >= 4 is 43.7 Å². The van der Waals surface area contributed by atoms with Crippen molar-refractivity contribution in [2.75, 3.05) is 32.8 Å². The fourth-order valence-electron chi connectivity index (χ4n) is 6.21. The molecule has 0 radical (unpaired) electrons. The highest BCUT2D eigenvalue weighted by molar-refractivity contribution is 9.10. The number of fused-ring (bicyclic) bond motifs is 2. The largest absolute Gasteiger partial charge is 0.376 e. The number of carbonyl (C=O) groups is 2. The van der Waals surface area contributed by atoms with Gasteiger partial charge >= 0.3 is 0 Å². The van der Waals surface area contributed by atoms with Crippen molar-refractivity contribution in [3.8, 4) is 0 Å². The number of hydrogen-bond donors (Lipinski definition) is 1. The highest BCUT2D eigenvalue weighted by Crippen LogP contribution is 2.41. The Morgan fingerprint density at radius 2 is 1.97 bits per heavy atom. The SMILES string of the molecule is CCCCC(=O)N1CCN(C2c3ncc(Br)cc3CCc3cc(C)cc(Br)c32)CC1C(=O)NCC1CCCO1. The van der Waals surface area contributed by atoms with Crippen LogP contribution in [-0.2, 0) is 27.2 Å². The Bertz CT molecular complexity index is 1220. The second-order valence-corrected chi connectivity index (χ2v) is 12.8. The standard InChI is InChI=1S/C30H38Br2N4O3/c1-3-4-7-26(37)36-11-10-35(18-25(36)30(38)34-17-23-6-5-12-39-23)29-27-20(13-19(2)14-24(27)32)8-9-21-15-22(31)16-33-28(21)29/h13-16,23,25,29H,3-12,17-18H2,1-2H3,(H,34,38). The van der Waals surface area contributed by atoms with Gasteiger partial charge in [0.2, 0.25) is 11.8 Å². The zero-order chi connectivity index (χ0) is 27.5. The van der Waals surface area contributed by atoms with Crippen LogP contribution in [0.25, 0.3) is 0 Å². The zero-order valence-corrected chi connectivity index (χ0v) is 26.0. The molecule has 1 N–H and O–H groups in total. The maximum absolute atomic E-state index is 13.7. The van der Waals surface area contributed by atoms with Crippen LogP contribution < -0.4 is 5.32 Å². The first-order valence-corrected chi connectivity index (χ1v) is 15.8. The van der Waals surface area contributed by atoms with E-state index in [1.807, 2.05) is 11.1 Å². The average Bonchev–Trinajstić information content (AvgIpc) is 3.39. The van der Waals surface area contributed by atoms with E-state index in [9.17, 15) is 9.59 Å². The molecule has 0 spiro atoms. The summed E-state index contributed by atoms with van der Waals surface area (Å²) >= 11 is 7.51. The van der Waals surface area contributed by atoms with E-state index in [0.717, 1.165) is 59.8 Å². The highest BCUT2D eigenvalue weighted by atomic mass is 79.9. The number of piperazine rings is 1. The number of aromatic nitrogens is 1. The van der Waals surface area contributed by atoms with Crippen LogP contribution in [0.15, 0.2) is 33.3 Å². The quantitative estimate of drug-likeness (QED) is 0.447. The molecule has 9 heteroatoms. The molecule has 1 aromatic carbocycles. The summed E-state index contributed by atoms with van der Waals surface area (Å²) in [5.74, 6) is -0.0323. The van der Waals surface area contributed by atoms with Gasteiger partial charge in [-0.25, -0.2) is 0 Å². The van der Waals surface area contributed by atoms with Crippen LogP contribution in [0.3, 0.4) is 0 Å². The molecule has 7 nitrogen and oxygen atoms in total. The van der Waals surface area contributed by atoms with Crippen LogP contribution >= 0.6 is 31.9 Å². The number of nitrogens with one attached hydrogen (secondary N) is 1. The topological polar surface area (TPSA) is 74.8 Å². The number of unbranched alkanes of at least 4 members (excludes halogenated alkanes) is 1. The predicted molar refractivity (Wildman–Crippen MR) is 159 cm³/mol. The van der Waals surface area contributed by atoms with E-state index in [1.54, 1.807) is 0 Å². The van der Waals surface area contributed by atoms with Gasteiger partial charge in [0.15, 0.2) is 0 Å². The molecule has 2 amide bonds. The van der Waals surface area contributed by atoms with Gasteiger partial charge in [0.1, 0.15) is 6.04 Å². The first kappa shape index (κ1) is 28.7. The maximum atomic E-state index is 13.7. The van der Waals surface area contributed by atoms with E-state index < -0.39 is 6.04 Å². The molecule has 2 fully saturated rings. The van der Waals surface area contributed by atoms with Gasteiger partial charge in [-0.15, -0.1) is 0 Å². The van der Waals surface area contributed by atoms with Crippen molar-refractivity contribution < 1.29 is 14.3 Å². The van der Waals surface area contributed by atoms with Gasteiger partial charge in [-0.05, 0) is 89.3 Å². The van der Waals surface area contributed by atoms with Crippen molar-refractivity contribution in [3.05, 3.63) is 61.3 Å². The van der Waals surface area contributed by atoms with Crippen molar-refractivity contribution in [2.24, 2.45) is 0 Å². The Morgan fingerprint density at radius 1 is 1.15 bits per heavy atom. The summed E-state index contributed by atoms with van der Waals surface area (Å²) in [4.78, 5) is 36.1. The van der Waals surface area contributed by atoms with Gasteiger partial charge in [-0.2, -0.15) is 0 Å². The molecule has 3 aliphatic rings. The molecular formula is C30H38Br2N4O3. The lowest BCUT2D eigenvalue weighted by atomic mass is 9.93. The number of benzene rings is 1. The summed E-state index contributed by atoms with van der Waals surface area (Å²) in [6.45, 7) is 7.09. The maximum Gasteiger partial charge on any atom is 0.244 e. The molecule has 39 heavy (non-hydrogen) atoms. The summed E-state index contributed by atoms with van der Waals surface area (Å²) in [6, 6.07) is 5.97.